The van der Waals surface area contributed by atoms with Crippen molar-refractivity contribution in [1.29, 1.82) is 0 Å². The van der Waals surface area contributed by atoms with Crippen molar-refractivity contribution in [3.8, 4) is 5.69 Å². The molecular weight excluding hydrogens is 258 g/mol. The van der Waals surface area contributed by atoms with Crippen LogP contribution in [0.3, 0.4) is 0 Å². The van der Waals surface area contributed by atoms with Gasteiger partial charge in [0.05, 0.1) is 5.69 Å². The number of unbranched alkanes of at least 4 members (excludes halogenated alkanes) is 1. The second-order valence-electron chi connectivity index (χ2n) is 4.12. The maximum Gasteiger partial charge on any atom is 0.214 e. The van der Waals surface area contributed by atoms with Crippen LogP contribution in [0.4, 0.5) is 0 Å². The summed E-state index contributed by atoms with van der Waals surface area (Å²) in [7, 11) is 0. The zero-order valence-corrected chi connectivity index (χ0v) is 11.9. The van der Waals surface area contributed by atoms with E-state index in [-0.39, 0.29) is 0 Å². The molecule has 0 saturated carbocycles. The molecule has 0 radical (unpaired) electrons. The minimum absolute atomic E-state index is 0.856. The van der Waals surface area contributed by atoms with Crippen LogP contribution in [0.5, 0.6) is 0 Å². The fourth-order valence-corrected chi connectivity index (χ4v) is 2.58. The molecule has 1 N–H and O–H groups in total. The van der Waals surface area contributed by atoms with Gasteiger partial charge in [0.1, 0.15) is 0 Å². The second kappa shape index (κ2) is 7.91. The van der Waals surface area contributed by atoms with Crippen molar-refractivity contribution < 1.29 is 0 Å². The maximum atomic E-state index is 4.08. The number of hydrogen-bond acceptors (Lipinski definition) is 5. The predicted molar refractivity (Wildman–Crippen MR) is 77.7 cm³/mol. The minimum Gasteiger partial charge on any atom is -0.317 e. The molecule has 102 valence electrons. The summed E-state index contributed by atoms with van der Waals surface area (Å²) in [5.74, 6) is 1.04. The van der Waals surface area contributed by atoms with Crippen molar-refractivity contribution in [3.05, 3.63) is 30.3 Å². The van der Waals surface area contributed by atoms with Crippen molar-refractivity contribution in [2.75, 3.05) is 18.8 Å². The zero-order valence-electron chi connectivity index (χ0n) is 11.1. The summed E-state index contributed by atoms with van der Waals surface area (Å²) in [6.07, 6.45) is 2.35. The van der Waals surface area contributed by atoms with E-state index in [1.165, 1.54) is 12.8 Å². The Kier molecular flexibility index (Phi) is 5.84. The molecule has 0 aliphatic heterocycles. The molecule has 1 heterocycles. The topological polar surface area (TPSA) is 55.6 Å². The molecule has 5 nitrogen and oxygen atoms in total. The molecule has 2 aromatic rings. The molecule has 6 heteroatoms. The standard InChI is InChI=1S/C13H19N5S/c1-2-14-10-6-7-11-19-13-15-16-17-18(13)12-8-4-3-5-9-12/h3-5,8-9,14H,2,6-7,10-11H2,1H3. The first-order chi connectivity index (χ1) is 9.42. The predicted octanol–water partition coefficient (Wildman–Crippen LogP) is 2.14. The van der Waals surface area contributed by atoms with E-state index in [4.69, 9.17) is 0 Å². The number of nitrogens with one attached hydrogen (secondary N) is 1. The third kappa shape index (κ3) is 4.33. The Bertz CT molecular complexity index is 471. The van der Waals surface area contributed by atoms with E-state index in [2.05, 4.69) is 27.8 Å². The minimum atomic E-state index is 0.856. The van der Waals surface area contributed by atoms with Gasteiger partial charge in [0.25, 0.3) is 0 Å². The number of rotatable bonds is 8. The second-order valence-corrected chi connectivity index (χ2v) is 5.18. The summed E-state index contributed by atoms with van der Waals surface area (Å²) in [5.41, 5.74) is 1.00. The lowest BCUT2D eigenvalue weighted by atomic mass is 10.3. The van der Waals surface area contributed by atoms with Gasteiger partial charge in [0.2, 0.25) is 5.16 Å². The van der Waals surface area contributed by atoms with Gasteiger partial charge in [-0.3, -0.25) is 0 Å². The average Bonchev–Trinajstić information content (AvgIpc) is 2.92. The van der Waals surface area contributed by atoms with Crippen molar-refractivity contribution in [1.82, 2.24) is 25.5 Å². The Morgan fingerprint density at radius 3 is 2.84 bits per heavy atom. The number of benzene rings is 1. The number of hydrogen-bond donors (Lipinski definition) is 1. The third-order valence-corrected chi connectivity index (χ3v) is 3.68. The van der Waals surface area contributed by atoms with E-state index in [1.54, 1.807) is 16.4 Å². The van der Waals surface area contributed by atoms with E-state index >= 15 is 0 Å². The molecule has 0 aliphatic rings. The Hall–Kier alpha value is -1.40. The molecule has 2 rings (SSSR count). The third-order valence-electron chi connectivity index (χ3n) is 2.67. The molecule has 0 fully saturated rings. The van der Waals surface area contributed by atoms with Crippen molar-refractivity contribution in [2.24, 2.45) is 0 Å². The molecule has 19 heavy (non-hydrogen) atoms. The van der Waals surface area contributed by atoms with Crippen LogP contribution in [-0.2, 0) is 0 Å². The van der Waals surface area contributed by atoms with Crippen LogP contribution in [0.2, 0.25) is 0 Å². The Morgan fingerprint density at radius 2 is 2.05 bits per heavy atom. The normalized spacial score (nSPS) is 10.8. The summed E-state index contributed by atoms with van der Waals surface area (Å²) in [6, 6.07) is 9.97. The number of thioether (sulfide) groups is 1. The number of para-hydroxylation sites is 1. The highest BCUT2D eigenvalue weighted by Crippen LogP contribution is 2.18. The van der Waals surface area contributed by atoms with Crippen molar-refractivity contribution >= 4 is 11.8 Å². The lowest BCUT2D eigenvalue weighted by Gasteiger charge is -2.04. The van der Waals surface area contributed by atoms with Gasteiger partial charge < -0.3 is 5.32 Å². The van der Waals surface area contributed by atoms with Crippen LogP contribution in [0.25, 0.3) is 5.69 Å². The maximum absolute atomic E-state index is 4.08. The highest BCUT2D eigenvalue weighted by Gasteiger charge is 2.07. The van der Waals surface area contributed by atoms with E-state index in [1.807, 2.05) is 30.3 Å². The zero-order chi connectivity index (χ0) is 13.3. The molecule has 0 atom stereocenters. The molecule has 1 aromatic carbocycles. The summed E-state index contributed by atoms with van der Waals surface area (Å²) >= 11 is 1.71. The number of aromatic nitrogens is 4. The molecule has 1 aromatic heterocycles. The van der Waals surface area contributed by atoms with E-state index in [0.29, 0.717) is 0 Å². The average molecular weight is 277 g/mol. The fraction of sp³-hybridized carbons (Fsp3) is 0.462. The highest BCUT2D eigenvalue weighted by atomic mass is 32.2. The van der Waals surface area contributed by atoms with Crippen LogP contribution in [0.1, 0.15) is 19.8 Å². The van der Waals surface area contributed by atoms with Gasteiger partial charge in [0, 0.05) is 5.75 Å². The van der Waals surface area contributed by atoms with E-state index in [0.717, 1.165) is 29.7 Å². The first kappa shape index (κ1) is 14.0. The van der Waals surface area contributed by atoms with Gasteiger partial charge >= 0.3 is 0 Å². The van der Waals surface area contributed by atoms with Crippen molar-refractivity contribution in [3.63, 3.8) is 0 Å². The van der Waals surface area contributed by atoms with Crippen LogP contribution in [0, 0.1) is 0 Å². The Morgan fingerprint density at radius 1 is 1.21 bits per heavy atom. The lowest BCUT2D eigenvalue weighted by Crippen LogP contribution is -2.13. The number of tetrazole rings is 1. The van der Waals surface area contributed by atoms with Gasteiger partial charge in [-0.15, -0.1) is 5.10 Å². The van der Waals surface area contributed by atoms with Gasteiger partial charge in [-0.2, -0.15) is 4.68 Å². The van der Waals surface area contributed by atoms with E-state index < -0.39 is 0 Å². The molecule has 0 unspecified atom stereocenters. The van der Waals surface area contributed by atoms with Gasteiger partial charge in [-0.1, -0.05) is 36.9 Å². The Labute approximate surface area is 117 Å². The molecule has 0 saturated heterocycles. The van der Waals surface area contributed by atoms with Crippen LogP contribution < -0.4 is 5.32 Å². The monoisotopic (exact) mass is 277 g/mol. The highest BCUT2D eigenvalue weighted by molar-refractivity contribution is 7.99. The molecule has 0 amide bonds. The summed E-state index contributed by atoms with van der Waals surface area (Å²) in [4.78, 5) is 0. The largest absolute Gasteiger partial charge is 0.317 e. The first-order valence-corrected chi connectivity index (χ1v) is 7.57. The lowest BCUT2D eigenvalue weighted by molar-refractivity contribution is 0.665. The summed E-state index contributed by atoms with van der Waals surface area (Å²) < 4.78 is 1.79. The van der Waals surface area contributed by atoms with Gasteiger partial charge in [0.15, 0.2) is 0 Å². The SMILES string of the molecule is CCNCCCCSc1nnnn1-c1ccccc1. The fourth-order valence-electron chi connectivity index (χ4n) is 1.69. The number of nitrogens with zero attached hydrogens (tertiary/aromatic N) is 4. The summed E-state index contributed by atoms with van der Waals surface area (Å²) in [5, 5.41) is 16.1. The Balaban J connectivity index is 1.83. The van der Waals surface area contributed by atoms with Crippen LogP contribution in [0.15, 0.2) is 35.5 Å². The quantitative estimate of drug-likeness (QED) is 0.592. The van der Waals surface area contributed by atoms with E-state index in [9.17, 15) is 0 Å². The van der Waals surface area contributed by atoms with Crippen LogP contribution in [-0.4, -0.2) is 39.0 Å². The van der Waals surface area contributed by atoms with Crippen molar-refractivity contribution in [2.45, 2.75) is 24.9 Å². The summed E-state index contributed by atoms with van der Waals surface area (Å²) in [6.45, 7) is 4.25. The van der Waals surface area contributed by atoms with Gasteiger partial charge in [-0.25, -0.2) is 0 Å². The smallest absolute Gasteiger partial charge is 0.214 e. The van der Waals surface area contributed by atoms with Gasteiger partial charge in [-0.05, 0) is 48.5 Å². The molecule has 0 bridgehead atoms. The van der Waals surface area contributed by atoms with Crippen LogP contribution >= 0.6 is 11.8 Å². The molecular formula is C13H19N5S. The molecule has 0 spiro atoms. The first-order valence-electron chi connectivity index (χ1n) is 6.59. The molecule has 0 aliphatic carbocycles.